The molecule has 0 aliphatic rings. The summed E-state index contributed by atoms with van der Waals surface area (Å²) in [5.41, 5.74) is 1.22. The molecule has 2 rings (SSSR count). The van der Waals surface area contributed by atoms with E-state index in [2.05, 4.69) is 29.6 Å². The van der Waals surface area contributed by atoms with Gasteiger partial charge in [0, 0.05) is 6.42 Å². The number of rotatable bonds is 6. The molecule has 0 spiro atoms. The van der Waals surface area contributed by atoms with Gasteiger partial charge in [0.1, 0.15) is 11.9 Å². The van der Waals surface area contributed by atoms with Crippen LogP contribution in [0.4, 0.5) is 0 Å². The molecule has 2 aromatic carbocycles. The van der Waals surface area contributed by atoms with Gasteiger partial charge in [-0.3, -0.25) is 0 Å². The van der Waals surface area contributed by atoms with E-state index >= 15 is 0 Å². The maximum absolute atomic E-state index is 6.06. The third-order valence-electron chi connectivity index (χ3n) is 2.85. The zero-order valence-electron chi connectivity index (χ0n) is 12.7. The molecule has 0 bridgehead atoms. The lowest BCUT2D eigenvalue weighted by molar-refractivity contribution is 0.195. The fourth-order valence-electron chi connectivity index (χ4n) is 1.90. The van der Waals surface area contributed by atoms with Crippen molar-refractivity contribution in [2.45, 2.75) is 26.4 Å². The summed E-state index contributed by atoms with van der Waals surface area (Å²) in [5.74, 6) is 0.919. The van der Waals surface area contributed by atoms with Gasteiger partial charge in [-0.1, -0.05) is 62.4 Å². The number of para-hydroxylation sites is 1. The molecule has 108 valence electrons. The smallest absolute Gasteiger partial charge is 0.125 e. The molecule has 1 unspecified atom stereocenters. The molecule has 1 N–H and O–H groups in total. The van der Waals surface area contributed by atoms with Gasteiger partial charge >= 0.3 is 0 Å². The molecule has 20 heavy (non-hydrogen) atoms. The highest BCUT2D eigenvalue weighted by molar-refractivity contribution is 5.24. The Hall–Kier alpha value is -1.80. The van der Waals surface area contributed by atoms with Crippen molar-refractivity contribution in [3.63, 3.8) is 0 Å². The van der Waals surface area contributed by atoms with Crippen LogP contribution in [0.1, 0.15) is 31.9 Å². The van der Waals surface area contributed by atoms with E-state index in [1.807, 2.05) is 57.3 Å². The fourth-order valence-corrected chi connectivity index (χ4v) is 1.90. The molecule has 0 saturated carbocycles. The van der Waals surface area contributed by atoms with Crippen LogP contribution >= 0.6 is 0 Å². The van der Waals surface area contributed by atoms with E-state index in [0.717, 1.165) is 18.7 Å². The van der Waals surface area contributed by atoms with Gasteiger partial charge in [0.15, 0.2) is 0 Å². The molecular weight excluding hydrogens is 246 g/mol. The second-order valence-corrected chi connectivity index (χ2v) is 4.22. The Bertz CT molecular complexity index is 441. The highest BCUT2D eigenvalue weighted by atomic mass is 16.5. The molecule has 2 nitrogen and oxygen atoms in total. The summed E-state index contributed by atoms with van der Waals surface area (Å²) >= 11 is 0. The number of hydrogen-bond donors (Lipinski definition) is 1. The van der Waals surface area contributed by atoms with E-state index in [0.29, 0.717) is 0 Å². The maximum atomic E-state index is 6.06. The van der Waals surface area contributed by atoms with Crippen LogP contribution in [-0.2, 0) is 0 Å². The van der Waals surface area contributed by atoms with E-state index in [1.54, 1.807) is 0 Å². The Morgan fingerprint density at radius 3 is 2.00 bits per heavy atom. The van der Waals surface area contributed by atoms with Crippen LogP contribution in [-0.4, -0.2) is 13.6 Å². The molecular formula is C18H25NO. The van der Waals surface area contributed by atoms with Gasteiger partial charge in [-0.2, -0.15) is 0 Å². The van der Waals surface area contributed by atoms with Gasteiger partial charge < -0.3 is 10.1 Å². The predicted molar refractivity (Wildman–Crippen MR) is 86.1 cm³/mol. The van der Waals surface area contributed by atoms with E-state index in [9.17, 15) is 0 Å². The van der Waals surface area contributed by atoms with Gasteiger partial charge in [0.05, 0.1) is 0 Å². The molecule has 2 aromatic rings. The average molecular weight is 271 g/mol. The van der Waals surface area contributed by atoms with Gasteiger partial charge in [-0.25, -0.2) is 0 Å². The van der Waals surface area contributed by atoms with Crippen LogP contribution < -0.4 is 10.1 Å². The second kappa shape index (κ2) is 10.0. The number of nitrogens with one attached hydrogen (secondary N) is 1. The molecule has 0 saturated heterocycles. The SMILES string of the molecule is CC.CNCCC(Oc1ccccc1)c1ccccc1. The fraction of sp³-hybridized carbons (Fsp3) is 0.333. The van der Waals surface area contributed by atoms with Gasteiger partial charge in [-0.05, 0) is 31.3 Å². The van der Waals surface area contributed by atoms with Crippen LogP contribution in [0.5, 0.6) is 5.75 Å². The summed E-state index contributed by atoms with van der Waals surface area (Å²) in [7, 11) is 1.96. The Morgan fingerprint density at radius 2 is 1.45 bits per heavy atom. The Morgan fingerprint density at radius 1 is 0.900 bits per heavy atom. The van der Waals surface area contributed by atoms with Crippen LogP contribution in [0, 0.1) is 0 Å². The second-order valence-electron chi connectivity index (χ2n) is 4.22. The molecule has 0 radical (unpaired) electrons. The van der Waals surface area contributed by atoms with Gasteiger partial charge in [0.25, 0.3) is 0 Å². The van der Waals surface area contributed by atoms with Crippen molar-refractivity contribution >= 4 is 0 Å². The first kappa shape index (κ1) is 16.3. The Kier molecular flexibility index (Phi) is 8.16. The molecule has 0 amide bonds. The van der Waals surface area contributed by atoms with Crippen LogP contribution in [0.25, 0.3) is 0 Å². The van der Waals surface area contributed by atoms with Crippen LogP contribution in [0.2, 0.25) is 0 Å². The van der Waals surface area contributed by atoms with Crippen LogP contribution in [0.15, 0.2) is 60.7 Å². The van der Waals surface area contributed by atoms with Crippen molar-refractivity contribution in [1.29, 1.82) is 0 Å². The van der Waals surface area contributed by atoms with Gasteiger partial charge in [0.2, 0.25) is 0 Å². The Labute approximate surface area is 122 Å². The summed E-state index contributed by atoms with van der Waals surface area (Å²) in [6.07, 6.45) is 1.05. The van der Waals surface area contributed by atoms with Gasteiger partial charge in [-0.15, -0.1) is 0 Å². The topological polar surface area (TPSA) is 21.3 Å². The number of ether oxygens (including phenoxy) is 1. The maximum Gasteiger partial charge on any atom is 0.125 e. The minimum Gasteiger partial charge on any atom is -0.486 e. The number of hydrogen-bond acceptors (Lipinski definition) is 2. The summed E-state index contributed by atoms with van der Waals surface area (Å²) in [6, 6.07) is 20.3. The van der Waals surface area contributed by atoms with Crippen molar-refractivity contribution in [1.82, 2.24) is 5.32 Å². The highest BCUT2D eigenvalue weighted by Gasteiger charge is 2.12. The van der Waals surface area contributed by atoms with Crippen molar-refractivity contribution in [2.75, 3.05) is 13.6 Å². The average Bonchev–Trinajstić information content (AvgIpc) is 2.55. The van der Waals surface area contributed by atoms with Crippen molar-refractivity contribution in [3.05, 3.63) is 66.2 Å². The largest absolute Gasteiger partial charge is 0.486 e. The lowest BCUT2D eigenvalue weighted by Gasteiger charge is -2.19. The van der Waals surface area contributed by atoms with E-state index < -0.39 is 0 Å². The highest BCUT2D eigenvalue weighted by Crippen LogP contribution is 2.24. The molecule has 0 aromatic heterocycles. The molecule has 0 aliphatic heterocycles. The lowest BCUT2D eigenvalue weighted by Crippen LogP contribution is -2.16. The van der Waals surface area contributed by atoms with Crippen molar-refractivity contribution in [2.24, 2.45) is 0 Å². The van der Waals surface area contributed by atoms with Crippen molar-refractivity contribution < 1.29 is 4.74 Å². The molecule has 0 heterocycles. The molecule has 1 atom stereocenters. The predicted octanol–water partition coefficient (Wildman–Crippen LogP) is 4.44. The third kappa shape index (κ3) is 5.45. The van der Waals surface area contributed by atoms with Crippen molar-refractivity contribution in [3.8, 4) is 5.75 Å². The molecule has 2 heteroatoms. The molecule has 0 fully saturated rings. The summed E-state index contributed by atoms with van der Waals surface area (Å²) in [6.45, 7) is 4.94. The van der Waals surface area contributed by atoms with E-state index in [1.165, 1.54) is 5.56 Å². The summed E-state index contributed by atoms with van der Waals surface area (Å²) in [5, 5.41) is 3.17. The Balaban J connectivity index is 0.000000956. The first-order chi connectivity index (χ1) is 9.90. The van der Waals surface area contributed by atoms with E-state index in [-0.39, 0.29) is 6.10 Å². The lowest BCUT2D eigenvalue weighted by atomic mass is 10.1. The first-order valence-electron chi connectivity index (χ1n) is 7.31. The zero-order valence-corrected chi connectivity index (χ0v) is 12.7. The minimum absolute atomic E-state index is 0.0982. The zero-order chi connectivity index (χ0) is 14.6. The normalized spacial score (nSPS) is 11.2. The summed E-state index contributed by atoms with van der Waals surface area (Å²) in [4.78, 5) is 0. The molecule has 0 aliphatic carbocycles. The standard InChI is InChI=1S/C16H19NO.C2H6/c1-17-13-12-16(14-8-4-2-5-9-14)18-15-10-6-3-7-11-15;1-2/h2-11,16-17H,12-13H2,1H3;1-2H3. The van der Waals surface area contributed by atoms with E-state index in [4.69, 9.17) is 4.74 Å². The number of benzene rings is 2. The third-order valence-corrected chi connectivity index (χ3v) is 2.85. The summed E-state index contributed by atoms with van der Waals surface area (Å²) < 4.78 is 6.06. The minimum atomic E-state index is 0.0982. The first-order valence-corrected chi connectivity index (χ1v) is 7.31. The monoisotopic (exact) mass is 271 g/mol. The van der Waals surface area contributed by atoms with Crippen LogP contribution in [0.3, 0.4) is 0 Å². The quantitative estimate of drug-likeness (QED) is 0.838.